The Labute approximate surface area is 117 Å². The Morgan fingerprint density at radius 3 is 2.42 bits per heavy atom. The van der Waals surface area contributed by atoms with Crippen molar-refractivity contribution in [3.05, 3.63) is 35.9 Å². The third-order valence-electron chi connectivity index (χ3n) is 4.46. The lowest BCUT2D eigenvalue weighted by Crippen LogP contribution is -2.50. The van der Waals surface area contributed by atoms with Crippen LogP contribution in [0, 0.1) is 0 Å². The van der Waals surface area contributed by atoms with Gasteiger partial charge in [0.1, 0.15) is 0 Å². The molecule has 2 rings (SSSR count). The number of hydrogen-bond donors (Lipinski definition) is 1. The summed E-state index contributed by atoms with van der Waals surface area (Å²) < 4.78 is 5.45. The molecule has 0 amide bonds. The first-order valence-corrected chi connectivity index (χ1v) is 7.54. The number of nitrogens with one attached hydrogen (secondary N) is 1. The fraction of sp³-hybridized carbons (Fsp3) is 0.647. The maximum absolute atomic E-state index is 5.45. The van der Waals surface area contributed by atoms with Gasteiger partial charge in [-0.15, -0.1) is 0 Å². The van der Waals surface area contributed by atoms with Gasteiger partial charge in [-0.05, 0) is 24.8 Å². The SMILES string of the molecule is CC[C@@H](NC1CCOCC1)C(C)(C)c1ccccc1. The third-order valence-corrected chi connectivity index (χ3v) is 4.46. The van der Waals surface area contributed by atoms with E-state index < -0.39 is 0 Å². The molecule has 1 heterocycles. The van der Waals surface area contributed by atoms with Crippen molar-refractivity contribution < 1.29 is 4.74 Å². The van der Waals surface area contributed by atoms with Gasteiger partial charge in [0.05, 0.1) is 0 Å². The number of benzene rings is 1. The van der Waals surface area contributed by atoms with Gasteiger partial charge >= 0.3 is 0 Å². The van der Waals surface area contributed by atoms with Crippen LogP contribution in [0.4, 0.5) is 0 Å². The molecule has 0 saturated carbocycles. The van der Waals surface area contributed by atoms with Gasteiger partial charge in [-0.1, -0.05) is 51.1 Å². The molecule has 2 heteroatoms. The summed E-state index contributed by atoms with van der Waals surface area (Å²) in [5, 5.41) is 3.86. The van der Waals surface area contributed by atoms with Crippen molar-refractivity contribution in [1.29, 1.82) is 0 Å². The van der Waals surface area contributed by atoms with Crippen molar-refractivity contribution in [1.82, 2.24) is 5.32 Å². The average molecular weight is 261 g/mol. The predicted octanol–water partition coefficient (Wildman–Crippen LogP) is 3.51. The molecule has 1 aromatic carbocycles. The highest BCUT2D eigenvalue weighted by Gasteiger charge is 2.31. The van der Waals surface area contributed by atoms with E-state index in [9.17, 15) is 0 Å². The van der Waals surface area contributed by atoms with E-state index in [2.05, 4.69) is 56.4 Å². The topological polar surface area (TPSA) is 21.3 Å². The minimum absolute atomic E-state index is 0.161. The molecule has 0 radical (unpaired) electrons. The number of ether oxygens (including phenoxy) is 1. The van der Waals surface area contributed by atoms with Crippen molar-refractivity contribution >= 4 is 0 Å². The second-order valence-electron chi connectivity index (χ2n) is 6.10. The second-order valence-corrected chi connectivity index (χ2v) is 6.10. The van der Waals surface area contributed by atoms with E-state index in [0.29, 0.717) is 12.1 Å². The Morgan fingerprint density at radius 2 is 1.84 bits per heavy atom. The zero-order valence-corrected chi connectivity index (χ0v) is 12.5. The number of rotatable bonds is 5. The lowest BCUT2D eigenvalue weighted by Gasteiger charge is -2.38. The highest BCUT2D eigenvalue weighted by molar-refractivity contribution is 5.25. The van der Waals surface area contributed by atoms with Crippen LogP contribution in [0.15, 0.2) is 30.3 Å². The molecule has 1 N–H and O–H groups in total. The lowest BCUT2D eigenvalue weighted by atomic mass is 9.76. The molecule has 1 fully saturated rings. The van der Waals surface area contributed by atoms with Gasteiger partial charge in [0.25, 0.3) is 0 Å². The van der Waals surface area contributed by atoms with E-state index in [1.807, 2.05) is 0 Å². The lowest BCUT2D eigenvalue weighted by molar-refractivity contribution is 0.0713. The first kappa shape index (κ1) is 14.5. The predicted molar refractivity (Wildman–Crippen MR) is 80.5 cm³/mol. The molecule has 1 atom stereocenters. The molecule has 2 nitrogen and oxygen atoms in total. The zero-order chi connectivity index (χ0) is 13.7. The molecular formula is C17H27NO. The minimum Gasteiger partial charge on any atom is -0.381 e. The molecular weight excluding hydrogens is 234 g/mol. The van der Waals surface area contributed by atoms with Crippen LogP contribution in [0.1, 0.15) is 45.6 Å². The van der Waals surface area contributed by atoms with Crippen LogP contribution in [-0.2, 0) is 10.2 Å². The van der Waals surface area contributed by atoms with Crippen LogP contribution in [0.25, 0.3) is 0 Å². The Kier molecular flexibility index (Phi) is 5.00. The van der Waals surface area contributed by atoms with Gasteiger partial charge in [-0.2, -0.15) is 0 Å². The monoisotopic (exact) mass is 261 g/mol. The smallest absolute Gasteiger partial charge is 0.0480 e. The van der Waals surface area contributed by atoms with Gasteiger partial charge in [0, 0.05) is 30.7 Å². The summed E-state index contributed by atoms with van der Waals surface area (Å²) in [7, 11) is 0. The summed E-state index contributed by atoms with van der Waals surface area (Å²) in [6, 6.07) is 12.0. The van der Waals surface area contributed by atoms with Gasteiger partial charge in [0.15, 0.2) is 0 Å². The van der Waals surface area contributed by atoms with Crippen LogP contribution < -0.4 is 5.32 Å². The summed E-state index contributed by atoms with van der Waals surface area (Å²) in [4.78, 5) is 0. The Morgan fingerprint density at radius 1 is 1.21 bits per heavy atom. The maximum Gasteiger partial charge on any atom is 0.0480 e. The van der Waals surface area contributed by atoms with Crippen molar-refractivity contribution in [3.8, 4) is 0 Å². The molecule has 0 aliphatic carbocycles. The van der Waals surface area contributed by atoms with Gasteiger partial charge in [0.2, 0.25) is 0 Å². The largest absolute Gasteiger partial charge is 0.381 e. The van der Waals surface area contributed by atoms with E-state index >= 15 is 0 Å². The average Bonchev–Trinajstić information content (AvgIpc) is 2.46. The summed E-state index contributed by atoms with van der Waals surface area (Å²) in [6.07, 6.45) is 3.43. The molecule has 106 valence electrons. The van der Waals surface area contributed by atoms with E-state index in [1.165, 1.54) is 5.56 Å². The first-order chi connectivity index (χ1) is 9.14. The minimum atomic E-state index is 0.161. The van der Waals surface area contributed by atoms with E-state index in [-0.39, 0.29) is 5.41 Å². The highest BCUT2D eigenvalue weighted by atomic mass is 16.5. The van der Waals surface area contributed by atoms with Crippen molar-refractivity contribution in [3.63, 3.8) is 0 Å². The van der Waals surface area contributed by atoms with Crippen LogP contribution in [0.3, 0.4) is 0 Å². The van der Waals surface area contributed by atoms with Crippen molar-refractivity contribution in [2.24, 2.45) is 0 Å². The van der Waals surface area contributed by atoms with Gasteiger partial charge in [-0.3, -0.25) is 0 Å². The Balaban J connectivity index is 2.07. The van der Waals surface area contributed by atoms with Gasteiger partial charge < -0.3 is 10.1 Å². The summed E-state index contributed by atoms with van der Waals surface area (Å²) in [5.74, 6) is 0. The molecule has 0 unspecified atom stereocenters. The Bertz CT molecular complexity index is 368. The molecule has 1 aliphatic heterocycles. The summed E-state index contributed by atoms with van der Waals surface area (Å²) >= 11 is 0. The third kappa shape index (κ3) is 3.58. The second kappa shape index (κ2) is 6.53. The van der Waals surface area contributed by atoms with E-state index in [0.717, 1.165) is 32.5 Å². The summed E-state index contributed by atoms with van der Waals surface area (Å²) in [5.41, 5.74) is 1.58. The van der Waals surface area contributed by atoms with Gasteiger partial charge in [-0.25, -0.2) is 0 Å². The fourth-order valence-corrected chi connectivity index (χ4v) is 3.05. The van der Waals surface area contributed by atoms with E-state index in [1.54, 1.807) is 0 Å². The molecule has 1 aromatic rings. The van der Waals surface area contributed by atoms with Crippen LogP contribution >= 0.6 is 0 Å². The quantitative estimate of drug-likeness (QED) is 0.875. The Hall–Kier alpha value is -0.860. The fourth-order valence-electron chi connectivity index (χ4n) is 3.05. The molecule has 0 spiro atoms. The summed E-state index contributed by atoms with van der Waals surface area (Å²) in [6.45, 7) is 8.78. The van der Waals surface area contributed by atoms with Crippen LogP contribution in [0.5, 0.6) is 0 Å². The van der Waals surface area contributed by atoms with Crippen LogP contribution in [0.2, 0.25) is 0 Å². The van der Waals surface area contributed by atoms with Crippen molar-refractivity contribution in [2.75, 3.05) is 13.2 Å². The zero-order valence-electron chi connectivity index (χ0n) is 12.5. The standard InChI is InChI=1S/C17H27NO/c1-4-16(18-15-10-12-19-13-11-15)17(2,3)14-8-6-5-7-9-14/h5-9,15-16,18H,4,10-13H2,1-3H3/t16-/m1/s1. The van der Waals surface area contributed by atoms with Crippen molar-refractivity contribution in [2.45, 2.75) is 57.5 Å². The molecule has 19 heavy (non-hydrogen) atoms. The molecule has 1 aliphatic rings. The molecule has 0 bridgehead atoms. The number of hydrogen-bond acceptors (Lipinski definition) is 2. The molecule has 1 saturated heterocycles. The maximum atomic E-state index is 5.45. The van der Waals surface area contributed by atoms with E-state index in [4.69, 9.17) is 4.74 Å². The highest BCUT2D eigenvalue weighted by Crippen LogP contribution is 2.29. The first-order valence-electron chi connectivity index (χ1n) is 7.54. The molecule has 0 aromatic heterocycles. The normalized spacial score (nSPS) is 19.3. The van der Waals surface area contributed by atoms with Crippen LogP contribution in [-0.4, -0.2) is 25.3 Å².